The number of nitro benzene ring substituents is 1. The molecular weight excluding hydrogens is 298 g/mol. The number of amides is 1. The van der Waals surface area contributed by atoms with Gasteiger partial charge < -0.3 is 15.0 Å². The van der Waals surface area contributed by atoms with Crippen LogP contribution >= 0.6 is 12.4 Å². The van der Waals surface area contributed by atoms with E-state index in [-0.39, 0.29) is 35.8 Å². The third-order valence-corrected chi connectivity index (χ3v) is 3.38. The van der Waals surface area contributed by atoms with Gasteiger partial charge in [-0.25, -0.2) is 0 Å². The van der Waals surface area contributed by atoms with Crippen molar-refractivity contribution in [3.05, 3.63) is 33.9 Å². The zero-order valence-corrected chi connectivity index (χ0v) is 12.7. The van der Waals surface area contributed by atoms with Gasteiger partial charge in [-0.05, 0) is 19.1 Å². The molecule has 1 aromatic rings. The van der Waals surface area contributed by atoms with Gasteiger partial charge >= 0.3 is 5.69 Å². The van der Waals surface area contributed by atoms with Gasteiger partial charge in [-0.2, -0.15) is 0 Å². The molecule has 0 unspecified atom stereocenters. The SMILES string of the molecule is COc1ccc(C(=O)N2CCNC[C@H]2C)cc1[N+](=O)[O-].Cl. The normalized spacial score (nSPS) is 17.8. The van der Waals surface area contributed by atoms with Crippen molar-refractivity contribution in [3.63, 3.8) is 0 Å². The Morgan fingerprint density at radius 2 is 2.24 bits per heavy atom. The van der Waals surface area contributed by atoms with Crippen LogP contribution in [0.5, 0.6) is 5.75 Å². The van der Waals surface area contributed by atoms with Gasteiger partial charge in [0.2, 0.25) is 0 Å². The second kappa shape index (κ2) is 7.24. The lowest BCUT2D eigenvalue weighted by Gasteiger charge is -2.34. The first-order valence-corrected chi connectivity index (χ1v) is 6.38. The van der Waals surface area contributed by atoms with Gasteiger partial charge in [0.25, 0.3) is 5.91 Å². The van der Waals surface area contributed by atoms with Crippen LogP contribution in [0.15, 0.2) is 18.2 Å². The van der Waals surface area contributed by atoms with E-state index in [0.29, 0.717) is 12.1 Å². The molecule has 116 valence electrons. The first kappa shape index (κ1) is 17.2. The monoisotopic (exact) mass is 315 g/mol. The fourth-order valence-corrected chi connectivity index (χ4v) is 2.27. The second-order valence-electron chi connectivity index (χ2n) is 4.70. The van der Waals surface area contributed by atoms with E-state index in [0.717, 1.165) is 13.1 Å². The van der Waals surface area contributed by atoms with Crippen LogP contribution in [-0.2, 0) is 0 Å². The molecule has 1 heterocycles. The summed E-state index contributed by atoms with van der Waals surface area (Å²) in [5.41, 5.74) is 0.118. The predicted molar refractivity (Wildman–Crippen MR) is 80.3 cm³/mol. The molecule has 1 aromatic carbocycles. The first-order valence-electron chi connectivity index (χ1n) is 6.38. The average molecular weight is 316 g/mol. The number of hydrogen-bond donors (Lipinski definition) is 1. The van der Waals surface area contributed by atoms with Crippen molar-refractivity contribution in [2.75, 3.05) is 26.7 Å². The van der Waals surface area contributed by atoms with Crippen LogP contribution < -0.4 is 10.1 Å². The summed E-state index contributed by atoms with van der Waals surface area (Å²) in [5.74, 6) is -0.0373. The Morgan fingerprint density at radius 3 is 2.81 bits per heavy atom. The topological polar surface area (TPSA) is 84.7 Å². The molecule has 0 spiro atoms. The maximum absolute atomic E-state index is 12.4. The number of nitro groups is 1. The number of halogens is 1. The Balaban J connectivity index is 0.00000220. The third-order valence-electron chi connectivity index (χ3n) is 3.38. The van der Waals surface area contributed by atoms with E-state index in [1.165, 1.54) is 19.2 Å². The van der Waals surface area contributed by atoms with Gasteiger partial charge in [0.1, 0.15) is 0 Å². The quantitative estimate of drug-likeness (QED) is 0.674. The molecule has 0 radical (unpaired) electrons. The van der Waals surface area contributed by atoms with Crippen LogP contribution in [0.2, 0.25) is 0 Å². The van der Waals surface area contributed by atoms with Gasteiger partial charge in [0.15, 0.2) is 5.75 Å². The maximum Gasteiger partial charge on any atom is 0.311 e. The molecule has 21 heavy (non-hydrogen) atoms. The molecule has 8 heteroatoms. The molecule has 0 bridgehead atoms. The molecule has 2 rings (SSSR count). The Hall–Kier alpha value is -1.86. The third kappa shape index (κ3) is 3.62. The molecule has 1 amide bonds. The average Bonchev–Trinajstić information content (AvgIpc) is 2.46. The number of nitrogens with zero attached hydrogens (tertiary/aromatic N) is 2. The van der Waals surface area contributed by atoms with Crippen molar-refractivity contribution in [2.24, 2.45) is 0 Å². The first-order chi connectivity index (χ1) is 9.54. The van der Waals surface area contributed by atoms with Crippen molar-refractivity contribution in [1.82, 2.24) is 10.2 Å². The van der Waals surface area contributed by atoms with Crippen molar-refractivity contribution in [3.8, 4) is 5.75 Å². The van der Waals surface area contributed by atoms with E-state index >= 15 is 0 Å². The predicted octanol–water partition coefficient (Wildman–Crippen LogP) is 1.46. The van der Waals surface area contributed by atoms with Crippen LogP contribution in [0.1, 0.15) is 17.3 Å². The highest BCUT2D eigenvalue weighted by atomic mass is 35.5. The van der Waals surface area contributed by atoms with E-state index in [1.807, 2.05) is 6.92 Å². The molecule has 1 fully saturated rings. The highest BCUT2D eigenvalue weighted by molar-refractivity contribution is 5.95. The summed E-state index contributed by atoms with van der Waals surface area (Å²) >= 11 is 0. The summed E-state index contributed by atoms with van der Waals surface area (Å²) in [5, 5.41) is 14.2. The lowest BCUT2D eigenvalue weighted by molar-refractivity contribution is -0.385. The number of benzene rings is 1. The van der Waals surface area contributed by atoms with Crippen LogP contribution in [-0.4, -0.2) is 48.5 Å². The standard InChI is InChI=1S/C13H17N3O4.ClH/c1-9-8-14-5-6-15(9)13(17)10-3-4-12(20-2)11(7-10)16(18)19;/h3-4,7,9,14H,5-6,8H2,1-2H3;1H/t9-;/m1./s1. The molecule has 0 aromatic heterocycles. The number of nitrogens with one attached hydrogen (secondary N) is 1. The van der Waals surface area contributed by atoms with Crippen molar-refractivity contribution < 1.29 is 14.5 Å². The van der Waals surface area contributed by atoms with Crippen LogP contribution in [0, 0.1) is 10.1 Å². The summed E-state index contributed by atoms with van der Waals surface area (Å²) < 4.78 is 4.93. The number of ether oxygens (including phenoxy) is 1. The van der Waals surface area contributed by atoms with E-state index in [2.05, 4.69) is 5.32 Å². The minimum atomic E-state index is -0.545. The maximum atomic E-state index is 12.4. The molecule has 7 nitrogen and oxygen atoms in total. The second-order valence-corrected chi connectivity index (χ2v) is 4.70. The van der Waals surface area contributed by atoms with E-state index in [1.54, 1.807) is 11.0 Å². The zero-order valence-electron chi connectivity index (χ0n) is 11.9. The van der Waals surface area contributed by atoms with E-state index in [4.69, 9.17) is 4.74 Å². The molecule has 1 aliphatic rings. The molecule has 1 saturated heterocycles. The van der Waals surface area contributed by atoms with Gasteiger partial charge in [-0.1, -0.05) is 0 Å². The van der Waals surface area contributed by atoms with E-state index < -0.39 is 4.92 Å². The molecule has 1 aliphatic heterocycles. The summed E-state index contributed by atoms with van der Waals surface area (Å²) in [6, 6.07) is 4.36. The number of rotatable bonds is 3. The Bertz CT molecular complexity index is 538. The van der Waals surface area contributed by atoms with Gasteiger partial charge in [0.05, 0.1) is 12.0 Å². The minimum Gasteiger partial charge on any atom is -0.490 e. The van der Waals surface area contributed by atoms with Gasteiger partial charge in [0, 0.05) is 37.3 Å². The van der Waals surface area contributed by atoms with E-state index in [9.17, 15) is 14.9 Å². The number of methoxy groups -OCH3 is 1. The van der Waals surface area contributed by atoms with Gasteiger partial charge in [-0.3, -0.25) is 14.9 Å². The van der Waals surface area contributed by atoms with Crippen LogP contribution in [0.3, 0.4) is 0 Å². The van der Waals surface area contributed by atoms with Crippen LogP contribution in [0.25, 0.3) is 0 Å². The molecular formula is C13H18ClN3O4. The Kier molecular flexibility index (Phi) is 5.92. The minimum absolute atomic E-state index is 0. The highest BCUT2D eigenvalue weighted by Gasteiger charge is 2.26. The van der Waals surface area contributed by atoms with Crippen LogP contribution in [0.4, 0.5) is 5.69 Å². The number of carbonyl (C=O) groups excluding carboxylic acids is 1. The molecule has 1 N–H and O–H groups in total. The number of carbonyl (C=O) groups is 1. The fraction of sp³-hybridized carbons (Fsp3) is 0.462. The van der Waals surface area contributed by atoms with Crippen molar-refractivity contribution in [2.45, 2.75) is 13.0 Å². The van der Waals surface area contributed by atoms with Crippen molar-refractivity contribution in [1.29, 1.82) is 0 Å². The molecule has 1 atom stereocenters. The Morgan fingerprint density at radius 1 is 1.52 bits per heavy atom. The highest BCUT2D eigenvalue weighted by Crippen LogP contribution is 2.28. The summed E-state index contributed by atoms with van der Waals surface area (Å²) in [4.78, 5) is 24.6. The zero-order chi connectivity index (χ0) is 14.7. The molecule has 0 aliphatic carbocycles. The Labute approximate surface area is 128 Å². The fourth-order valence-electron chi connectivity index (χ4n) is 2.27. The summed E-state index contributed by atoms with van der Waals surface area (Å²) in [6.45, 7) is 4.00. The number of hydrogen-bond acceptors (Lipinski definition) is 5. The lowest BCUT2D eigenvalue weighted by atomic mass is 10.1. The number of piperazine rings is 1. The summed E-state index contributed by atoms with van der Waals surface area (Å²) in [7, 11) is 1.36. The molecule has 0 saturated carbocycles. The van der Waals surface area contributed by atoms with Crippen molar-refractivity contribution >= 4 is 24.0 Å². The largest absolute Gasteiger partial charge is 0.490 e. The smallest absolute Gasteiger partial charge is 0.311 e. The lowest BCUT2D eigenvalue weighted by Crippen LogP contribution is -2.52. The summed E-state index contributed by atoms with van der Waals surface area (Å²) in [6.07, 6.45) is 0. The van der Waals surface area contributed by atoms with Gasteiger partial charge in [-0.15, -0.1) is 12.4 Å².